The van der Waals surface area contributed by atoms with Crippen molar-refractivity contribution in [2.45, 2.75) is 52.4 Å². The number of hydrogen-bond donors (Lipinski definition) is 0. The minimum Gasteiger partial charge on any atom is -0.494 e. The molecule has 12 heteroatoms. The highest BCUT2D eigenvalue weighted by Crippen LogP contribution is 2.29. The van der Waals surface area contributed by atoms with Crippen LogP contribution in [0.3, 0.4) is 0 Å². The van der Waals surface area contributed by atoms with Gasteiger partial charge in [-0.15, -0.1) is 0 Å². The minimum atomic E-state index is -1.24. The molecule has 0 bridgehead atoms. The Morgan fingerprint density at radius 1 is 0.540 bits per heavy atom. The highest BCUT2D eigenvalue weighted by Gasteiger charge is 2.20. The van der Waals surface area contributed by atoms with E-state index in [-0.39, 0.29) is 11.1 Å². The molecule has 0 spiro atoms. The van der Waals surface area contributed by atoms with E-state index in [0.29, 0.717) is 68.3 Å². The molecule has 3 rings (SSSR count). The molecule has 0 fully saturated rings. The number of hydrogen-bond acceptors (Lipinski definition) is 10. The van der Waals surface area contributed by atoms with Crippen molar-refractivity contribution >= 4 is 23.9 Å². The maximum absolute atomic E-state index is 14.8. The first-order valence-electron chi connectivity index (χ1n) is 16.0. The zero-order chi connectivity index (χ0) is 36.5. The van der Waals surface area contributed by atoms with Crippen molar-refractivity contribution in [1.82, 2.24) is 0 Å². The first-order chi connectivity index (χ1) is 23.9. The quantitative estimate of drug-likeness (QED) is 0.0502. The van der Waals surface area contributed by atoms with Crippen LogP contribution < -0.4 is 18.9 Å². The Labute approximate surface area is 289 Å². The van der Waals surface area contributed by atoms with Crippen molar-refractivity contribution in [2.75, 3.05) is 26.4 Å². The van der Waals surface area contributed by atoms with Crippen LogP contribution in [0.4, 0.5) is 8.78 Å². The fourth-order valence-corrected chi connectivity index (χ4v) is 4.10. The molecule has 0 aliphatic carbocycles. The fraction of sp³-hybridized carbons (Fsp3) is 0.316. The van der Waals surface area contributed by atoms with Gasteiger partial charge < -0.3 is 28.4 Å². The van der Waals surface area contributed by atoms with E-state index in [9.17, 15) is 28.0 Å². The van der Waals surface area contributed by atoms with Crippen LogP contribution in [-0.2, 0) is 19.1 Å². The molecule has 0 amide bonds. The summed E-state index contributed by atoms with van der Waals surface area (Å²) in [4.78, 5) is 47.8. The molecule has 0 saturated heterocycles. The molecule has 0 unspecified atom stereocenters. The number of esters is 4. The van der Waals surface area contributed by atoms with Crippen LogP contribution in [0.1, 0.15) is 73.1 Å². The lowest BCUT2D eigenvalue weighted by Gasteiger charge is -2.11. The predicted molar refractivity (Wildman–Crippen MR) is 179 cm³/mol. The number of halogens is 2. The molecule has 0 saturated carbocycles. The van der Waals surface area contributed by atoms with Crippen molar-refractivity contribution in [3.63, 3.8) is 0 Å². The summed E-state index contributed by atoms with van der Waals surface area (Å²) in [5, 5.41) is 0. The maximum atomic E-state index is 14.8. The molecule has 3 aromatic carbocycles. The van der Waals surface area contributed by atoms with E-state index in [1.54, 1.807) is 26.0 Å². The standard InChI is InChI=1S/C38H40F2O10/c1-25(2)35(41)47-21-9-5-7-19-45-29-15-11-27(12-16-29)37(43)49-31-23-32(39)34(33(40)24-31)50-38(44)28-13-17-30(18-14-28)46-20-8-6-10-22-48-36(42)26(3)4/h11-18,23-24H,1,3,5-10,19-22H2,2,4H3. The SMILES string of the molecule is C=C(C)C(=O)OCCCCCOc1ccc(C(=O)Oc2cc(F)c(OC(=O)c3ccc(OCCCCCOC(=O)C(=C)C)cc3)c(F)c2)cc1. The number of carbonyl (C=O) groups is 4. The summed E-state index contributed by atoms with van der Waals surface area (Å²) in [6, 6.07) is 13.3. The Morgan fingerprint density at radius 3 is 1.32 bits per heavy atom. The summed E-state index contributed by atoms with van der Waals surface area (Å²) in [5.41, 5.74) is 0.841. The Bertz CT molecular complexity index is 1630. The Morgan fingerprint density at radius 2 is 0.920 bits per heavy atom. The molecule has 0 atom stereocenters. The Hall–Kier alpha value is -5.52. The monoisotopic (exact) mass is 694 g/mol. The van der Waals surface area contributed by atoms with Gasteiger partial charge in [0.1, 0.15) is 17.2 Å². The summed E-state index contributed by atoms with van der Waals surface area (Å²) >= 11 is 0. The van der Waals surface area contributed by atoms with Gasteiger partial charge in [0.05, 0.1) is 37.6 Å². The van der Waals surface area contributed by atoms with Crippen molar-refractivity contribution in [3.8, 4) is 23.0 Å². The summed E-state index contributed by atoms with van der Waals surface area (Å²) in [6.45, 7) is 11.6. The highest BCUT2D eigenvalue weighted by atomic mass is 19.1. The normalized spacial score (nSPS) is 10.5. The molecule has 10 nitrogen and oxygen atoms in total. The van der Waals surface area contributed by atoms with Gasteiger partial charge >= 0.3 is 23.9 Å². The van der Waals surface area contributed by atoms with E-state index >= 15 is 0 Å². The van der Waals surface area contributed by atoms with Crippen LogP contribution in [-0.4, -0.2) is 50.3 Å². The van der Waals surface area contributed by atoms with Gasteiger partial charge in [-0.1, -0.05) is 13.2 Å². The van der Waals surface area contributed by atoms with Gasteiger partial charge in [0.15, 0.2) is 11.6 Å². The molecular weight excluding hydrogens is 654 g/mol. The molecular formula is C38H40F2O10. The van der Waals surface area contributed by atoms with E-state index in [1.807, 2.05) is 0 Å². The topological polar surface area (TPSA) is 124 Å². The summed E-state index contributed by atoms with van der Waals surface area (Å²) in [5.74, 6) is -5.57. The third kappa shape index (κ3) is 13.2. The lowest BCUT2D eigenvalue weighted by atomic mass is 10.2. The molecule has 266 valence electrons. The van der Waals surface area contributed by atoms with E-state index in [1.165, 1.54) is 36.4 Å². The number of rotatable bonds is 20. The highest BCUT2D eigenvalue weighted by molar-refractivity contribution is 5.92. The second-order valence-corrected chi connectivity index (χ2v) is 11.2. The Kier molecular flexibility index (Phi) is 15.6. The summed E-state index contributed by atoms with van der Waals surface area (Å²) in [7, 11) is 0. The number of unbranched alkanes of at least 4 members (excludes halogenated alkanes) is 4. The molecule has 0 heterocycles. The van der Waals surface area contributed by atoms with E-state index in [0.717, 1.165) is 31.4 Å². The molecule has 0 aliphatic rings. The first kappa shape index (κ1) is 38.9. The van der Waals surface area contributed by atoms with Gasteiger partial charge in [0.25, 0.3) is 0 Å². The molecule has 3 aromatic rings. The van der Waals surface area contributed by atoms with Gasteiger partial charge in [-0.25, -0.2) is 28.0 Å². The third-order valence-electron chi connectivity index (χ3n) is 6.84. The van der Waals surface area contributed by atoms with Crippen LogP contribution in [0, 0.1) is 11.6 Å². The zero-order valence-corrected chi connectivity index (χ0v) is 28.1. The van der Waals surface area contributed by atoms with Crippen molar-refractivity contribution in [1.29, 1.82) is 0 Å². The first-order valence-corrected chi connectivity index (χ1v) is 16.0. The van der Waals surface area contributed by atoms with Crippen molar-refractivity contribution in [2.24, 2.45) is 0 Å². The molecule has 0 N–H and O–H groups in total. The van der Waals surface area contributed by atoms with E-state index in [4.69, 9.17) is 28.4 Å². The molecule has 50 heavy (non-hydrogen) atoms. The lowest BCUT2D eigenvalue weighted by Crippen LogP contribution is -2.12. The van der Waals surface area contributed by atoms with Gasteiger partial charge in [-0.2, -0.15) is 0 Å². The van der Waals surface area contributed by atoms with Crippen LogP contribution in [0.2, 0.25) is 0 Å². The second kappa shape index (κ2) is 20.1. The largest absolute Gasteiger partial charge is 0.494 e. The number of benzene rings is 3. The third-order valence-corrected chi connectivity index (χ3v) is 6.84. The Balaban J connectivity index is 1.41. The molecule has 0 radical (unpaired) electrons. The number of ether oxygens (including phenoxy) is 6. The van der Waals surface area contributed by atoms with Crippen molar-refractivity contribution < 1.29 is 56.4 Å². The lowest BCUT2D eigenvalue weighted by molar-refractivity contribution is -0.139. The second-order valence-electron chi connectivity index (χ2n) is 11.2. The average Bonchev–Trinajstić information content (AvgIpc) is 3.09. The average molecular weight is 695 g/mol. The van der Waals surface area contributed by atoms with Gasteiger partial charge in [-0.3, -0.25) is 0 Å². The van der Waals surface area contributed by atoms with Gasteiger partial charge in [-0.05, 0) is 101 Å². The smallest absolute Gasteiger partial charge is 0.343 e. The maximum Gasteiger partial charge on any atom is 0.343 e. The fourth-order valence-electron chi connectivity index (χ4n) is 4.10. The minimum absolute atomic E-state index is 0.0278. The van der Waals surface area contributed by atoms with Crippen molar-refractivity contribution in [3.05, 3.63) is 108 Å². The van der Waals surface area contributed by atoms with Gasteiger partial charge in [0.2, 0.25) is 5.75 Å². The summed E-state index contributed by atoms with van der Waals surface area (Å²) in [6.07, 6.45) is 4.34. The molecule has 0 aromatic heterocycles. The van der Waals surface area contributed by atoms with E-state index in [2.05, 4.69) is 13.2 Å². The number of carbonyl (C=O) groups excluding carboxylic acids is 4. The molecule has 0 aliphatic heterocycles. The van der Waals surface area contributed by atoms with Gasteiger partial charge in [0, 0.05) is 23.3 Å². The van der Waals surface area contributed by atoms with Crippen LogP contribution in [0.15, 0.2) is 85.0 Å². The van der Waals surface area contributed by atoms with E-state index < -0.39 is 47.0 Å². The van der Waals surface area contributed by atoms with Crippen LogP contribution >= 0.6 is 0 Å². The summed E-state index contributed by atoms with van der Waals surface area (Å²) < 4.78 is 60.9. The zero-order valence-electron chi connectivity index (χ0n) is 28.1. The van der Waals surface area contributed by atoms with Crippen LogP contribution in [0.25, 0.3) is 0 Å². The predicted octanol–water partition coefficient (Wildman–Crippen LogP) is 7.74. The van der Waals surface area contributed by atoms with Crippen LogP contribution in [0.5, 0.6) is 23.0 Å².